The Hall–Kier alpha value is -3.04. The molecule has 1 aromatic carbocycles. The van der Waals surface area contributed by atoms with E-state index in [1.807, 2.05) is 0 Å². The maximum Gasteiger partial charge on any atom is 0.324 e. The Morgan fingerprint density at radius 3 is 1.95 bits per heavy atom. The Kier molecular flexibility index (Phi) is 4.89. The summed E-state index contributed by atoms with van der Waals surface area (Å²) in [4.78, 5) is 43.1. The highest BCUT2D eigenvalue weighted by atomic mass is 16.6. The van der Waals surface area contributed by atoms with Crippen LogP contribution in [0.1, 0.15) is 11.5 Å². The molecule has 0 aliphatic heterocycles. The first-order valence-electron chi connectivity index (χ1n) is 5.41. The third kappa shape index (κ3) is 3.29. The molecule has 0 saturated carbocycles. The van der Waals surface area contributed by atoms with Crippen molar-refractivity contribution >= 4 is 23.3 Å². The van der Waals surface area contributed by atoms with E-state index in [9.17, 15) is 29.8 Å². The van der Waals surface area contributed by atoms with Gasteiger partial charge >= 0.3 is 11.9 Å². The van der Waals surface area contributed by atoms with Gasteiger partial charge in [0.1, 0.15) is 0 Å². The molecule has 0 aliphatic carbocycles. The van der Waals surface area contributed by atoms with Crippen molar-refractivity contribution in [3.63, 3.8) is 0 Å². The fourth-order valence-electron chi connectivity index (χ4n) is 1.63. The van der Waals surface area contributed by atoms with Gasteiger partial charge in [-0.25, -0.2) is 0 Å². The second-order valence-electron chi connectivity index (χ2n) is 3.74. The highest BCUT2D eigenvalue weighted by molar-refractivity contribution is 6.01. The van der Waals surface area contributed by atoms with Gasteiger partial charge in [0.15, 0.2) is 5.92 Å². The van der Waals surface area contributed by atoms with Crippen LogP contribution in [0, 0.1) is 20.2 Å². The zero-order chi connectivity index (χ0) is 16.2. The molecule has 0 fully saturated rings. The molecule has 0 atom stereocenters. The van der Waals surface area contributed by atoms with Crippen LogP contribution in [0.3, 0.4) is 0 Å². The van der Waals surface area contributed by atoms with Crippen molar-refractivity contribution in [1.29, 1.82) is 0 Å². The van der Waals surface area contributed by atoms with Gasteiger partial charge in [0.2, 0.25) is 0 Å². The first-order valence-corrected chi connectivity index (χ1v) is 5.41. The molecule has 1 aromatic rings. The predicted molar refractivity (Wildman–Crippen MR) is 66.5 cm³/mol. The summed E-state index contributed by atoms with van der Waals surface area (Å²) in [6.45, 7) is 0. The maximum atomic E-state index is 11.6. The van der Waals surface area contributed by atoms with Gasteiger partial charge in [0.25, 0.3) is 11.4 Å². The molecule has 0 saturated heterocycles. The molecule has 0 bridgehead atoms. The minimum absolute atomic E-state index is 0.343. The van der Waals surface area contributed by atoms with E-state index in [0.717, 1.165) is 26.4 Å². The highest BCUT2D eigenvalue weighted by Gasteiger charge is 2.37. The van der Waals surface area contributed by atoms with Crippen molar-refractivity contribution in [3.8, 4) is 0 Å². The fourth-order valence-corrected chi connectivity index (χ4v) is 1.63. The van der Waals surface area contributed by atoms with E-state index in [4.69, 9.17) is 0 Å². The van der Waals surface area contributed by atoms with Crippen LogP contribution < -0.4 is 0 Å². The zero-order valence-electron chi connectivity index (χ0n) is 11.0. The van der Waals surface area contributed by atoms with E-state index >= 15 is 0 Å². The summed E-state index contributed by atoms with van der Waals surface area (Å²) in [6, 6.07) is 2.56. The molecular weight excluding hydrogens is 288 g/mol. The van der Waals surface area contributed by atoms with Gasteiger partial charge < -0.3 is 9.47 Å². The molecule has 0 spiro atoms. The third-order valence-electron chi connectivity index (χ3n) is 2.61. The topological polar surface area (TPSA) is 139 Å². The average molecular weight is 298 g/mol. The minimum Gasteiger partial charge on any atom is -0.468 e. The summed E-state index contributed by atoms with van der Waals surface area (Å²) in [6.07, 6.45) is 0. The van der Waals surface area contributed by atoms with Crippen LogP contribution in [0.4, 0.5) is 11.4 Å². The summed E-state index contributed by atoms with van der Waals surface area (Å²) in [5.41, 5.74) is -1.63. The largest absolute Gasteiger partial charge is 0.468 e. The first kappa shape index (κ1) is 16.0. The Bertz CT molecular complexity index is 596. The molecule has 0 N–H and O–H groups in total. The predicted octanol–water partition coefficient (Wildman–Crippen LogP) is 0.933. The van der Waals surface area contributed by atoms with Crippen LogP contribution in [0.15, 0.2) is 18.2 Å². The molecule has 0 aromatic heterocycles. The van der Waals surface area contributed by atoms with Crippen molar-refractivity contribution in [2.24, 2.45) is 0 Å². The molecule has 0 radical (unpaired) electrons. The zero-order valence-corrected chi connectivity index (χ0v) is 11.0. The van der Waals surface area contributed by atoms with Crippen molar-refractivity contribution in [1.82, 2.24) is 0 Å². The van der Waals surface area contributed by atoms with Gasteiger partial charge in [-0.1, -0.05) is 0 Å². The summed E-state index contributed by atoms with van der Waals surface area (Å²) in [7, 11) is 1.99. The quantitative estimate of drug-likeness (QED) is 0.338. The molecule has 0 amide bonds. The van der Waals surface area contributed by atoms with Gasteiger partial charge in [-0.15, -0.1) is 0 Å². The first-order chi connectivity index (χ1) is 9.83. The number of methoxy groups -OCH3 is 2. The third-order valence-corrected chi connectivity index (χ3v) is 2.61. The van der Waals surface area contributed by atoms with E-state index in [0.29, 0.717) is 6.07 Å². The van der Waals surface area contributed by atoms with E-state index in [2.05, 4.69) is 9.47 Å². The summed E-state index contributed by atoms with van der Waals surface area (Å²) in [5.74, 6) is -3.83. The molecule has 0 heterocycles. The Balaban J connectivity index is 3.50. The van der Waals surface area contributed by atoms with Crippen molar-refractivity contribution < 1.29 is 28.9 Å². The van der Waals surface area contributed by atoms with Gasteiger partial charge in [-0.3, -0.25) is 29.8 Å². The Labute approximate surface area is 117 Å². The molecule has 112 valence electrons. The van der Waals surface area contributed by atoms with Crippen molar-refractivity contribution in [2.75, 3.05) is 14.2 Å². The number of carbonyl (C=O) groups is 2. The van der Waals surface area contributed by atoms with Crippen molar-refractivity contribution in [2.45, 2.75) is 5.92 Å². The second kappa shape index (κ2) is 6.41. The van der Waals surface area contributed by atoms with Crippen LogP contribution in [0.5, 0.6) is 0 Å². The number of esters is 2. The molecule has 0 unspecified atom stereocenters. The number of carbonyl (C=O) groups excluding carboxylic acids is 2. The van der Waals surface area contributed by atoms with Gasteiger partial charge in [0, 0.05) is 6.07 Å². The molecule has 21 heavy (non-hydrogen) atoms. The summed E-state index contributed by atoms with van der Waals surface area (Å²) >= 11 is 0. The lowest BCUT2D eigenvalue weighted by Crippen LogP contribution is -2.25. The SMILES string of the molecule is COC(=O)C(C(=O)OC)c1ccc([N+](=O)[O-])cc1[N+](=O)[O-]. The van der Waals surface area contributed by atoms with Gasteiger partial charge in [0.05, 0.1) is 35.7 Å². The minimum atomic E-state index is -1.69. The summed E-state index contributed by atoms with van der Waals surface area (Å²) < 4.78 is 8.81. The number of hydrogen-bond acceptors (Lipinski definition) is 8. The molecule has 10 heteroatoms. The highest BCUT2D eigenvalue weighted by Crippen LogP contribution is 2.31. The standard InChI is InChI=1S/C11H10N2O8/c1-20-10(14)9(11(15)21-2)7-4-3-6(12(16)17)5-8(7)13(18)19/h3-5,9H,1-2H3. The number of nitro groups is 2. The number of benzene rings is 1. The monoisotopic (exact) mass is 298 g/mol. The number of ether oxygens (including phenoxy) is 2. The number of hydrogen-bond donors (Lipinski definition) is 0. The van der Waals surface area contributed by atoms with E-state index in [1.54, 1.807) is 0 Å². The fraction of sp³-hybridized carbons (Fsp3) is 0.273. The smallest absolute Gasteiger partial charge is 0.324 e. The van der Waals surface area contributed by atoms with Gasteiger partial charge in [-0.05, 0) is 6.07 Å². The van der Waals surface area contributed by atoms with Crippen LogP contribution in [0.2, 0.25) is 0 Å². The number of nitrogens with zero attached hydrogens (tertiary/aromatic N) is 2. The number of rotatable bonds is 5. The van der Waals surface area contributed by atoms with Crippen LogP contribution >= 0.6 is 0 Å². The van der Waals surface area contributed by atoms with Crippen LogP contribution in [-0.4, -0.2) is 36.0 Å². The average Bonchev–Trinajstić information content (AvgIpc) is 2.46. The molecule has 0 aliphatic rings. The lowest BCUT2D eigenvalue weighted by molar-refractivity contribution is -0.394. The maximum absolute atomic E-state index is 11.6. The molecule has 1 rings (SSSR count). The Morgan fingerprint density at radius 2 is 1.57 bits per heavy atom. The van der Waals surface area contributed by atoms with E-state index in [1.165, 1.54) is 0 Å². The van der Waals surface area contributed by atoms with Crippen LogP contribution in [-0.2, 0) is 19.1 Å². The second-order valence-corrected chi connectivity index (χ2v) is 3.74. The molecule has 10 nitrogen and oxygen atoms in total. The lowest BCUT2D eigenvalue weighted by Gasteiger charge is -2.12. The van der Waals surface area contributed by atoms with E-state index < -0.39 is 39.1 Å². The van der Waals surface area contributed by atoms with Crippen LogP contribution in [0.25, 0.3) is 0 Å². The van der Waals surface area contributed by atoms with Crippen molar-refractivity contribution in [3.05, 3.63) is 44.0 Å². The molecular formula is C11H10N2O8. The number of non-ortho nitro benzene ring substituents is 1. The normalized spacial score (nSPS) is 10.0. The van der Waals surface area contributed by atoms with Gasteiger partial charge in [-0.2, -0.15) is 0 Å². The lowest BCUT2D eigenvalue weighted by atomic mass is 9.97. The van der Waals surface area contributed by atoms with E-state index in [-0.39, 0.29) is 5.56 Å². The number of nitro benzene ring substituents is 2. The Morgan fingerprint density at radius 1 is 1.05 bits per heavy atom. The summed E-state index contributed by atoms with van der Waals surface area (Å²) in [5, 5.41) is 21.6.